The molecule has 1 nitrogen and oxygen atoms in total. The van der Waals surface area contributed by atoms with E-state index in [4.69, 9.17) is 5.73 Å². The van der Waals surface area contributed by atoms with E-state index in [-0.39, 0.29) is 0 Å². The van der Waals surface area contributed by atoms with Crippen molar-refractivity contribution in [1.29, 1.82) is 0 Å². The summed E-state index contributed by atoms with van der Waals surface area (Å²) in [5, 5.41) is 0. The highest BCUT2D eigenvalue weighted by Gasteiger charge is 2.19. The molecule has 1 aromatic rings. The van der Waals surface area contributed by atoms with Crippen molar-refractivity contribution in [3.63, 3.8) is 0 Å². The van der Waals surface area contributed by atoms with Gasteiger partial charge in [0.15, 0.2) is 0 Å². The van der Waals surface area contributed by atoms with Crippen LogP contribution in [0.1, 0.15) is 49.7 Å². The predicted molar refractivity (Wildman–Crippen MR) is 69.6 cm³/mol. The molecular formula is C15H23N. The molecule has 1 heteroatoms. The summed E-state index contributed by atoms with van der Waals surface area (Å²) in [6.07, 6.45) is 6.59. The van der Waals surface area contributed by atoms with Gasteiger partial charge >= 0.3 is 0 Å². The SMILES string of the molecule is CC(CN)CCC1CCCc2ccccc21. The Bertz CT molecular complexity index is 332. The first-order valence-corrected chi connectivity index (χ1v) is 6.59. The Hall–Kier alpha value is -0.820. The lowest BCUT2D eigenvalue weighted by atomic mass is 9.79. The minimum atomic E-state index is 0.675. The van der Waals surface area contributed by atoms with Crippen molar-refractivity contribution in [1.82, 2.24) is 0 Å². The summed E-state index contributed by atoms with van der Waals surface area (Å²) in [5.41, 5.74) is 8.87. The molecule has 0 bridgehead atoms. The molecule has 2 atom stereocenters. The topological polar surface area (TPSA) is 26.0 Å². The molecule has 1 aromatic carbocycles. The third-order valence-corrected chi connectivity index (χ3v) is 3.90. The first kappa shape index (κ1) is 11.7. The van der Waals surface area contributed by atoms with Gasteiger partial charge in [-0.15, -0.1) is 0 Å². The van der Waals surface area contributed by atoms with Gasteiger partial charge in [-0.2, -0.15) is 0 Å². The van der Waals surface area contributed by atoms with Crippen LogP contribution in [0, 0.1) is 5.92 Å². The van der Waals surface area contributed by atoms with E-state index >= 15 is 0 Å². The summed E-state index contributed by atoms with van der Waals surface area (Å²) in [6, 6.07) is 8.98. The van der Waals surface area contributed by atoms with Crippen LogP contribution in [-0.2, 0) is 6.42 Å². The van der Waals surface area contributed by atoms with Gasteiger partial charge in [0, 0.05) is 0 Å². The summed E-state index contributed by atoms with van der Waals surface area (Å²) >= 11 is 0. The lowest BCUT2D eigenvalue weighted by Crippen LogP contribution is -2.14. The molecule has 16 heavy (non-hydrogen) atoms. The molecule has 0 saturated heterocycles. The van der Waals surface area contributed by atoms with E-state index < -0.39 is 0 Å². The summed E-state index contributed by atoms with van der Waals surface area (Å²) in [7, 11) is 0. The standard InChI is InChI=1S/C15H23N/c1-12(11-16)9-10-14-7-4-6-13-5-2-3-8-15(13)14/h2-3,5,8,12,14H,4,6-7,9-11,16H2,1H3. The molecule has 2 N–H and O–H groups in total. The molecule has 0 aliphatic heterocycles. The zero-order valence-electron chi connectivity index (χ0n) is 10.3. The van der Waals surface area contributed by atoms with Crippen molar-refractivity contribution in [3.05, 3.63) is 35.4 Å². The van der Waals surface area contributed by atoms with E-state index in [1.807, 2.05) is 0 Å². The number of hydrogen-bond donors (Lipinski definition) is 1. The van der Waals surface area contributed by atoms with Gasteiger partial charge in [0.25, 0.3) is 0 Å². The fraction of sp³-hybridized carbons (Fsp3) is 0.600. The normalized spacial score (nSPS) is 21.5. The van der Waals surface area contributed by atoms with Crippen LogP contribution in [-0.4, -0.2) is 6.54 Å². The van der Waals surface area contributed by atoms with Gasteiger partial charge in [-0.05, 0) is 61.6 Å². The van der Waals surface area contributed by atoms with Crippen molar-refractivity contribution in [2.24, 2.45) is 11.7 Å². The van der Waals surface area contributed by atoms with Crippen LogP contribution in [0.15, 0.2) is 24.3 Å². The van der Waals surface area contributed by atoms with Gasteiger partial charge in [-0.1, -0.05) is 31.2 Å². The van der Waals surface area contributed by atoms with Gasteiger partial charge in [-0.3, -0.25) is 0 Å². The first-order chi connectivity index (χ1) is 7.81. The molecule has 1 aliphatic carbocycles. The number of fused-ring (bicyclic) bond motifs is 1. The minimum absolute atomic E-state index is 0.675. The quantitative estimate of drug-likeness (QED) is 0.821. The zero-order valence-corrected chi connectivity index (χ0v) is 10.3. The molecule has 2 rings (SSSR count). The molecule has 0 heterocycles. The molecule has 0 radical (unpaired) electrons. The molecule has 0 amide bonds. The summed E-state index contributed by atoms with van der Waals surface area (Å²) in [5.74, 6) is 1.47. The van der Waals surface area contributed by atoms with Crippen LogP contribution in [0.2, 0.25) is 0 Å². The summed E-state index contributed by atoms with van der Waals surface area (Å²) < 4.78 is 0. The predicted octanol–water partition coefficient (Wildman–Crippen LogP) is 3.48. The molecule has 1 aliphatic rings. The molecular weight excluding hydrogens is 194 g/mol. The maximum atomic E-state index is 5.68. The number of nitrogens with two attached hydrogens (primary N) is 1. The number of hydrogen-bond acceptors (Lipinski definition) is 1. The van der Waals surface area contributed by atoms with E-state index in [2.05, 4.69) is 31.2 Å². The third-order valence-electron chi connectivity index (χ3n) is 3.90. The van der Waals surface area contributed by atoms with Crippen LogP contribution in [0.4, 0.5) is 0 Å². The van der Waals surface area contributed by atoms with E-state index in [1.165, 1.54) is 32.1 Å². The first-order valence-electron chi connectivity index (χ1n) is 6.59. The van der Waals surface area contributed by atoms with E-state index in [9.17, 15) is 0 Å². The Labute approximate surface area is 99.0 Å². The van der Waals surface area contributed by atoms with Gasteiger partial charge in [0.2, 0.25) is 0 Å². The highest BCUT2D eigenvalue weighted by Crippen LogP contribution is 2.35. The number of rotatable bonds is 4. The smallest absolute Gasteiger partial charge is 0.00515 e. The van der Waals surface area contributed by atoms with E-state index in [0.717, 1.165) is 12.5 Å². The average molecular weight is 217 g/mol. The second-order valence-electron chi connectivity index (χ2n) is 5.21. The number of aryl methyl sites for hydroxylation is 1. The fourth-order valence-corrected chi connectivity index (χ4v) is 2.76. The van der Waals surface area contributed by atoms with Crippen molar-refractivity contribution in [2.75, 3.05) is 6.54 Å². The van der Waals surface area contributed by atoms with Gasteiger partial charge < -0.3 is 5.73 Å². The second-order valence-corrected chi connectivity index (χ2v) is 5.21. The lowest BCUT2D eigenvalue weighted by molar-refractivity contribution is 0.443. The Morgan fingerprint density at radius 1 is 1.38 bits per heavy atom. The van der Waals surface area contributed by atoms with Crippen molar-refractivity contribution in [2.45, 2.75) is 44.9 Å². The minimum Gasteiger partial charge on any atom is -0.330 e. The second kappa shape index (κ2) is 5.49. The van der Waals surface area contributed by atoms with Gasteiger partial charge in [-0.25, -0.2) is 0 Å². The molecule has 0 saturated carbocycles. The van der Waals surface area contributed by atoms with E-state index in [1.54, 1.807) is 11.1 Å². The summed E-state index contributed by atoms with van der Waals surface area (Å²) in [4.78, 5) is 0. The molecule has 0 spiro atoms. The lowest BCUT2D eigenvalue weighted by Gasteiger charge is -2.26. The Kier molecular flexibility index (Phi) is 4.00. The monoisotopic (exact) mass is 217 g/mol. The zero-order chi connectivity index (χ0) is 11.4. The largest absolute Gasteiger partial charge is 0.330 e. The third kappa shape index (κ3) is 2.65. The fourth-order valence-electron chi connectivity index (χ4n) is 2.76. The van der Waals surface area contributed by atoms with Crippen molar-refractivity contribution in [3.8, 4) is 0 Å². The molecule has 88 valence electrons. The van der Waals surface area contributed by atoms with Gasteiger partial charge in [0.05, 0.1) is 0 Å². The highest BCUT2D eigenvalue weighted by atomic mass is 14.5. The molecule has 2 unspecified atom stereocenters. The Morgan fingerprint density at radius 2 is 2.19 bits per heavy atom. The van der Waals surface area contributed by atoms with Crippen LogP contribution in [0.5, 0.6) is 0 Å². The van der Waals surface area contributed by atoms with Crippen LogP contribution >= 0.6 is 0 Å². The van der Waals surface area contributed by atoms with Crippen LogP contribution in [0.25, 0.3) is 0 Å². The summed E-state index contributed by atoms with van der Waals surface area (Å²) in [6.45, 7) is 3.09. The van der Waals surface area contributed by atoms with E-state index in [0.29, 0.717) is 5.92 Å². The molecule has 0 fully saturated rings. The highest BCUT2D eigenvalue weighted by molar-refractivity contribution is 5.32. The Morgan fingerprint density at radius 3 is 3.00 bits per heavy atom. The average Bonchev–Trinajstić information content (AvgIpc) is 2.35. The molecule has 0 aromatic heterocycles. The Balaban J connectivity index is 2.01. The van der Waals surface area contributed by atoms with Crippen molar-refractivity contribution < 1.29 is 0 Å². The maximum absolute atomic E-state index is 5.68. The maximum Gasteiger partial charge on any atom is -0.00515 e. The van der Waals surface area contributed by atoms with Crippen molar-refractivity contribution >= 4 is 0 Å². The van der Waals surface area contributed by atoms with Crippen LogP contribution in [0.3, 0.4) is 0 Å². The number of benzene rings is 1. The van der Waals surface area contributed by atoms with Crippen LogP contribution < -0.4 is 5.73 Å². The van der Waals surface area contributed by atoms with Gasteiger partial charge in [0.1, 0.15) is 0 Å².